The van der Waals surface area contributed by atoms with E-state index in [4.69, 9.17) is 5.73 Å². The lowest BCUT2D eigenvalue weighted by Gasteiger charge is -2.17. The molecule has 3 nitrogen and oxygen atoms in total. The summed E-state index contributed by atoms with van der Waals surface area (Å²) in [5.74, 6) is 0.523. The molecule has 2 atom stereocenters. The number of hydrogen-bond donors (Lipinski definition) is 1. The van der Waals surface area contributed by atoms with Crippen LogP contribution in [0.15, 0.2) is 30.3 Å². The van der Waals surface area contributed by atoms with Gasteiger partial charge in [0.1, 0.15) is 0 Å². The predicted molar refractivity (Wildman–Crippen MR) is 76.3 cm³/mol. The highest BCUT2D eigenvalue weighted by Gasteiger charge is 2.21. The maximum absolute atomic E-state index is 12.1. The van der Waals surface area contributed by atoms with Crippen molar-refractivity contribution in [3.05, 3.63) is 35.9 Å². The molecule has 18 heavy (non-hydrogen) atoms. The summed E-state index contributed by atoms with van der Waals surface area (Å²) in [4.78, 5) is 0. The summed E-state index contributed by atoms with van der Waals surface area (Å²) in [6.07, 6.45) is 0.887. The standard InChI is InChI=1S/C14H23NO2S/c1-3-12(2)10-18(16,17)11-14(9-15)13-7-5-4-6-8-13/h4-8,12,14H,3,9-11,15H2,1-2H3. The van der Waals surface area contributed by atoms with E-state index in [0.29, 0.717) is 6.54 Å². The number of rotatable bonds is 7. The Bertz CT molecular complexity index is 442. The zero-order chi connectivity index (χ0) is 13.6. The first-order chi connectivity index (χ1) is 8.48. The van der Waals surface area contributed by atoms with Crippen LogP contribution in [0.4, 0.5) is 0 Å². The minimum atomic E-state index is -3.03. The predicted octanol–water partition coefficient (Wildman–Crippen LogP) is 2.19. The van der Waals surface area contributed by atoms with E-state index in [9.17, 15) is 8.42 Å². The SMILES string of the molecule is CCC(C)CS(=O)(=O)CC(CN)c1ccccc1. The molecule has 0 aliphatic heterocycles. The van der Waals surface area contributed by atoms with E-state index in [1.807, 2.05) is 44.2 Å². The molecule has 102 valence electrons. The molecular weight excluding hydrogens is 246 g/mol. The monoisotopic (exact) mass is 269 g/mol. The van der Waals surface area contributed by atoms with Gasteiger partial charge >= 0.3 is 0 Å². The fourth-order valence-electron chi connectivity index (χ4n) is 1.95. The quantitative estimate of drug-likeness (QED) is 0.825. The van der Waals surface area contributed by atoms with E-state index in [1.165, 1.54) is 0 Å². The van der Waals surface area contributed by atoms with Gasteiger partial charge in [0.15, 0.2) is 9.84 Å². The average Bonchev–Trinajstić information content (AvgIpc) is 2.36. The second-order valence-electron chi connectivity index (χ2n) is 4.93. The van der Waals surface area contributed by atoms with Crippen molar-refractivity contribution in [2.75, 3.05) is 18.1 Å². The van der Waals surface area contributed by atoms with Crippen molar-refractivity contribution in [2.24, 2.45) is 11.7 Å². The van der Waals surface area contributed by atoms with Crippen molar-refractivity contribution in [3.8, 4) is 0 Å². The van der Waals surface area contributed by atoms with Gasteiger partial charge in [0, 0.05) is 12.5 Å². The molecule has 4 heteroatoms. The Morgan fingerprint density at radius 1 is 1.17 bits per heavy atom. The first-order valence-electron chi connectivity index (χ1n) is 6.44. The van der Waals surface area contributed by atoms with E-state index < -0.39 is 9.84 Å². The van der Waals surface area contributed by atoms with Gasteiger partial charge in [-0.2, -0.15) is 0 Å². The Morgan fingerprint density at radius 2 is 1.78 bits per heavy atom. The molecule has 0 fully saturated rings. The van der Waals surface area contributed by atoms with Crippen molar-refractivity contribution in [1.82, 2.24) is 0 Å². The van der Waals surface area contributed by atoms with Crippen LogP contribution in [0.3, 0.4) is 0 Å². The van der Waals surface area contributed by atoms with Crippen LogP contribution in [0, 0.1) is 5.92 Å². The Kier molecular flexibility index (Phi) is 5.82. The zero-order valence-electron chi connectivity index (χ0n) is 11.2. The summed E-state index contributed by atoms with van der Waals surface area (Å²) in [6, 6.07) is 9.63. The van der Waals surface area contributed by atoms with Crippen LogP contribution in [0.2, 0.25) is 0 Å². The van der Waals surface area contributed by atoms with Crippen LogP contribution in [0.25, 0.3) is 0 Å². The molecule has 1 rings (SSSR count). The molecule has 0 bridgehead atoms. The van der Waals surface area contributed by atoms with E-state index in [-0.39, 0.29) is 23.3 Å². The number of nitrogens with two attached hydrogens (primary N) is 1. The van der Waals surface area contributed by atoms with E-state index in [2.05, 4.69) is 0 Å². The summed E-state index contributed by atoms with van der Waals surface area (Å²) in [6.45, 7) is 4.35. The van der Waals surface area contributed by atoms with Gasteiger partial charge in [-0.3, -0.25) is 0 Å². The lowest BCUT2D eigenvalue weighted by Crippen LogP contribution is -2.25. The smallest absolute Gasteiger partial charge is 0.151 e. The van der Waals surface area contributed by atoms with Crippen LogP contribution in [0.1, 0.15) is 31.7 Å². The third-order valence-corrected chi connectivity index (χ3v) is 5.23. The summed E-state index contributed by atoms with van der Waals surface area (Å²) >= 11 is 0. The molecule has 2 N–H and O–H groups in total. The number of benzene rings is 1. The Hall–Kier alpha value is -0.870. The van der Waals surface area contributed by atoms with Crippen LogP contribution < -0.4 is 5.73 Å². The van der Waals surface area contributed by atoms with Gasteiger partial charge in [0.2, 0.25) is 0 Å². The number of sulfone groups is 1. The van der Waals surface area contributed by atoms with Gasteiger partial charge in [0.25, 0.3) is 0 Å². The highest BCUT2D eigenvalue weighted by Crippen LogP contribution is 2.18. The van der Waals surface area contributed by atoms with Crippen LogP contribution in [0.5, 0.6) is 0 Å². The third-order valence-electron chi connectivity index (χ3n) is 3.25. The fourth-order valence-corrected chi connectivity index (χ4v) is 4.13. The maximum Gasteiger partial charge on any atom is 0.151 e. The molecule has 1 aromatic rings. The molecular formula is C14H23NO2S. The van der Waals surface area contributed by atoms with Gasteiger partial charge < -0.3 is 5.73 Å². The van der Waals surface area contributed by atoms with Crippen molar-refractivity contribution in [3.63, 3.8) is 0 Å². The highest BCUT2D eigenvalue weighted by atomic mass is 32.2. The molecule has 0 heterocycles. The lowest BCUT2D eigenvalue weighted by atomic mass is 10.0. The Labute approximate surface area is 110 Å². The lowest BCUT2D eigenvalue weighted by molar-refractivity contribution is 0.558. The molecule has 2 unspecified atom stereocenters. The van der Waals surface area contributed by atoms with E-state index in [0.717, 1.165) is 12.0 Å². The topological polar surface area (TPSA) is 60.2 Å². The normalized spacial score (nSPS) is 15.3. The van der Waals surface area contributed by atoms with Crippen molar-refractivity contribution in [1.29, 1.82) is 0 Å². The summed E-state index contributed by atoms with van der Waals surface area (Å²) in [5, 5.41) is 0. The molecule has 0 amide bonds. The summed E-state index contributed by atoms with van der Waals surface area (Å²) < 4.78 is 24.2. The molecule has 0 aliphatic rings. The average molecular weight is 269 g/mol. The summed E-state index contributed by atoms with van der Waals surface area (Å²) in [7, 11) is -3.03. The molecule has 0 saturated carbocycles. The minimum Gasteiger partial charge on any atom is -0.330 e. The molecule has 0 saturated heterocycles. The molecule has 0 radical (unpaired) electrons. The first-order valence-corrected chi connectivity index (χ1v) is 8.26. The highest BCUT2D eigenvalue weighted by molar-refractivity contribution is 7.91. The molecule has 1 aromatic carbocycles. The maximum atomic E-state index is 12.1. The fraction of sp³-hybridized carbons (Fsp3) is 0.571. The van der Waals surface area contributed by atoms with Crippen LogP contribution >= 0.6 is 0 Å². The minimum absolute atomic E-state index is 0.0970. The van der Waals surface area contributed by atoms with Gasteiger partial charge in [-0.05, 0) is 11.5 Å². The van der Waals surface area contributed by atoms with Crippen molar-refractivity contribution in [2.45, 2.75) is 26.2 Å². The Morgan fingerprint density at radius 3 is 2.28 bits per heavy atom. The van der Waals surface area contributed by atoms with Gasteiger partial charge in [-0.1, -0.05) is 50.6 Å². The van der Waals surface area contributed by atoms with Gasteiger partial charge in [0.05, 0.1) is 11.5 Å². The molecule has 0 aromatic heterocycles. The second kappa shape index (κ2) is 6.90. The van der Waals surface area contributed by atoms with E-state index >= 15 is 0 Å². The van der Waals surface area contributed by atoms with Gasteiger partial charge in [-0.15, -0.1) is 0 Å². The molecule has 0 aliphatic carbocycles. The molecule has 0 spiro atoms. The van der Waals surface area contributed by atoms with E-state index in [1.54, 1.807) is 0 Å². The van der Waals surface area contributed by atoms with Gasteiger partial charge in [-0.25, -0.2) is 8.42 Å². The van der Waals surface area contributed by atoms with Crippen molar-refractivity contribution >= 4 is 9.84 Å². The van der Waals surface area contributed by atoms with Crippen molar-refractivity contribution < 1.29 is 8.42 Å². The number of hydrogen-bond acceptors (Lipinski definition) is 3. The zero-order valence-corrected chi connectivity index (χ0v) is 12.0. The third kappa shape index (κ3) is 4.78. The van der Waals surface area contributed by atoms with Crippen LogP contribution in [-0.2, 0) is 9.84 Å². The van der Waals surface area contributed by atoms with Crippen LogP contribution in [-0.4, -0.2) is 26.5 Å². The summed E-state index contributed by atoms with van der Waals surface area (Å²) in [5.41, 5.74) is 6.72. The second-order valence-corrected chi connectivity index (χ2v) is 7.09. The Balaban J connectivity index is 2.75. The first kappa shape index (κ1) is 15.2. The largest absolute Gasteiger partial charge is 0.330 e.